The molecule has 1 aliphatic rings. The number of benzene rings is 2. The van der Waals surface area contributed by atoms with Crippen molar-refractivity contribution in [2.75, 3.05) is 13.1 Å². The zero-order valence-corrected chi connectivity index (χ0v) is 19.4. The number of sulfonamides is 1. The van der Waals surface area contributed by atoms with E-state index in [1.54, 1.807) is 58.7 Å². The van der Waals surface area contributed by atoms with Crippen LogP contribution in [-0.4, -0.2) is 43.3 Å². The van der Waals surface area contributed by atoms with Gasteiger partial charge >= 0.3 is 0 Å². The molecule has 1 aliphatic heterocycles. The number of aryl methyl sites for hydroxylation is 1. The van der Waals surface area contributed by atoms with E-state index in [-0.39, 0.29) is 16.8 Å². The third-order valence-electron chi connectivity index (χ3n) is 5.32. The van der Waals surface area contributed by atoms with Gasteiger partial charge in [0.15, 0.2) is 0 Å². The van der Waals surface area contributed by atoms with Gasteiger partial charge in [0.1, 0.15) is 12.4 Å². The Balaban J connectivity index is 1.36. The second kappa shape index (κ2) is 9.81. The number of para-hydroxylation sites is 1. The normalized spacial score (nSPS) is 15.0. The molecule has 0 unspecified atom stereocenters. The summed E-state index contributed by atoms with van der Waals surface area (Å²) in [4.78, 5) is 19.5. The summed E-state index contributed by atoms with van der Waals surface area (Å²) < 4.78 is 33.8. The third-order valence-corrected chi connectivity index (χ3v) is 7.68. The van der Waals surface area contributed by atoms with E-state index in [2.05, 4.69) is 9.71 Å². The van der Waals surface area contributed by atoms with Crippen LogP contribution in [0.4, 0.5) is 0 Å². The smallest absolute Gasteiger partial charge is 0.257 e. The van der Waals surface area contributed by atoms with Gasteiger partial charge in [-0.1, -0.05) is 30.3 Å². The van der Waals surface area contributed by atoms with Crippen molar-refractivity contribution >= 4 is 27.3 Å². The van der Waals surface area contributed by atoms with Crippen LogP contribution in [0.2, 0.25) is 0 Å². The van der Waals surface area contributed by atoms with E-state index in [0.29, 0.717) is 43.9 Å². The maximum Gasteiger partial charge on any atom is 0.257 e. The second-order valence-electron chi connectivity index (χ2n) is 7.64. The number of likely N-dealkylation sites (tertiary alicyclic amines) is 1. The fourth-order valence-corrected chi connectivity index (χ4v) is 5.58. The second-order valence-corrected chi connectivity index (χ2v) is 10.4. The first-order valence-corrected chi connectivity index (χ1v) is 12.8. The van der Waals surface area contributed by atoms with Crippen LogP contribution in [-0.2, 0) is 16.6 Å². The number of amides is 1. The first-order valence-electron chi connectivity index (χ1n) is 10.4. The van der Waals surface area contributed by atoms with Gasteiger partial charge in [-0.2, -0.15) is 0 Å². The molecule has 0 radical (unpaired) electrons. The Bertz CT molecular complexity index is 1170. The minimum absolute atomic E-state index is 0.112. The Morgan fingerprint density at radius 2 is 1.81 bits per heavy atom. The predicted octanol–water partition coefficient (Wildman–Crippen LogP) is 3.61. The highest BCUT2D eigenvalue weighted by Gasteiger charge is 2.28. The zero-order chi connectivity index (χ0) is 22.6. The molecule has 0 spiro atoms. The summed E-state index contributed by atoms with van der Waals surface area (Å²) in [5, 5.41) is 2.92. The molecule has 1 fully saturated rings. The predicted molar refractivity (Wildman–Crippen MR) is 123 cm³/mol. The fraction of sp³-hybridized carbons (Fsp3) is 0.304. The summed E-state index contributed by atoms with van der Waals surface area (Å²) in [7, 11) is -3.57. The minimum atomic E-state index is -3.57. The van der Waals surface area contributed by atoms with Crippen molar-refractivity contribution in [1.29, 1.82) is 0 Å². The highest BCUT2D eigenvalue weighted by molar-refractivity contribution is 7.89. The number of carbonyl (C=O) groups is 1. The molecule has 1 aromatic heterocycles. The summed E-state index contributed by atoms with van der Waals surface area (Å²) in [6.07, 6.45) is 1.11. The van der Waals surface area contributed by atoms with Gasteiger partial charge in [-0.15, -0.1) is 11.3 Å². The molecule has 32 heavy (non-hydrogen) atoms. The number of hydrogen-bond donors (Lipinski definition) is 1. The van der Waals surface area contributed by atoms with Crippen molar-refractivity contribution in [2.45, 2.75) is 37.3 Å². The number of aromatic nitrogens is 1. The van der Waals surface area contributed by atoms with Crippen LogP contribution in [0.5, 0.6) is 5.75 Å². The lowest BCUT2D eigenvalue weighted by Gasteiger charge is -2.32. The highest BCUT2D eigenvalue weighted by Crippen LogP contribution is 2.24. The van der Waals surface area contributed by atoms with Gasteiger partial charge in [-0.05, 0) is 44.0 Å². The van der Waals surface area contributed by atoms with Crippen LogP contribution >= 0.6 is 11.3 Å². The summed E-state index contributed by atoms with van der Waals surface area (Å²) >= 11 is 1.56. The molecule has 168 valence electrons. The third kappa shape index (κ3) is 5.35. The number of hydrogen-bond acceptors (Lipinski definition) is 6. The number of piperidine rings is 1. The van der Waals surface area contributed by atoms with Crippen molar-refractivity contribution in [1.82, 2.24) is 14.6 Å². The molecule has 3 aromatic rings. The first kappa shape index (κ1) is 22.4. The summed E-state index contributed by atoms with van der Waals surface area (Å²) in [5.74, 6) is 0.412. The van der Waals surface area contributed by atoms with Gasteiger partial charge in [0.25, 0.3) is 5.91 Å². The minimum Gasteiger partial charge on any atom is -0.486 e. The molecule has 0 aliphatic carbocycles. The van der Waals surface area contributed by atoms with E-state index in [1.165, 1.54) is 0 Å². The van der Waals surface area contributed by atoms with Crippen molar-refractivity contribution in [2.24, 2.45) is 0 Å². The Labute approximate surface area is 192 Å². The van der Waals surface area contributed by atoms with Gasteiger partial charge in [-0.25, -0.2) is 18.1 Å². The number of rotatable bonds is 7. The lowest BCUT2D eigenvalue weighted by molar-refractivity contribution is 0.0706. The average Bonchev–Trinajstić information content (AvgIpc) is 3.23. The number of carbonyl (C=O) groups excluding carboxylic acids is 1. The van der Waals surface area contributed by atoms with Gasteiger partial charge in [0.05, 0.1) is 21.2 Å². The van der Waals surface area contributed by atoms with Crippen molar-refractivity contribution in [3.05, 3.63) is 76.2 Å². The molecule has 0 saturated carbocycles. The molecule has 4 rings (SSSR count). The number of nitrogens with zero attached hydrogens (tertiary/aromatic N) is 2. The Morgan fingerprint density at radius 1 is 1.12 bits per heavy atom. The van der Waals surface area contributed by atoms with Crippen LogP contribution < -0.4 is 9.46 Å². The molecular formula is C23H25N3O4S2. The molecule has 0 bridgehead atoms. The quantitative estimate of drug-likeness (QED) is 0.569. The van der Waals surface area contributed by atoms with Gasteiger partial charge in [0, 0.05) is 24.5 Å². The van der Waals surface area contributed by atoms with Crippen molar-refractivity contribution in [3.8, 4) is 5.75 Å². The molecule has 1 amide bonds. The van der Waals surface area contributed by atoms with Crippen molar-refractivity contribution in [3.63, 3.8) is 0 Å². The zero-order valence-electron chi connectivity index (χ0n) is 17.7. The van der Waals surface area contributed by atoms with Crippen LogP contribution in [0.25, 0.3) is 0 Å². The standard InChI is InChI=1S/C23H25N3O4S2/c1-17-24-19(16-31-17)15-30-22-10-6-5-9-21(22)23(27)26-13-11-18(12-14-26)25-32(28,29)20-7-3-2-4-8-20/h2-10,16,18,25H,11-15H2,1H3. The topological polar surface area (TPSA) is 88.6 Å². The lowest BCUT2D eigenvalue weighted by Crippen LogP contribution is -2.46. The van der Waals surface area contributed by atoms with Gasteiger partial charge < -0.3 is 9.64 Å². The number of thiazole rings is 1. The monoisotopic (exact) mass is 471 g/mol. The number of nitrogens with one attached hydrogen (secondary N) is 1. The van der Waals surface area contributed by atoms with Gasteiger partial charge in [0.2, 0.25) is 10.0 Å². The van der Waals surface area contributed by atoms with E-state index >= 15 is 0 Å². The number of ether oxygens (including phenoxy) is 1. The summed E-state index contributed by atoms with van der Waals surface area (Å²) in [6, 6.07) is 15.3. The van der Waals surface area contributed by atoms with Crippen LogP contribution in [0.3, 0.4) is 0 Å². The lowest BCUT2D eigenvalue weighted by atomic mass is 10.0. The Kier molecular flexibility index (Phi) is 6.88. The molecule has 0 atom stereocenters. The first-order chi connectivity index (χ1) is 15.4. The Hall–Kier alpha value is -2.75. The maximum atomic E-state index is 13.1. The molecule has 2 heterocycles. The van der Waals surface area contributed by atoms with Crippen LogP contribution in [0.1, 0.15) is 33.9 Å². The van der Waals surface area contributed by atoms with Gasteiger partial charge in [-0.3, -0.25) is 4.79 Å². The van der Waals surface area contributed by atoms with E-state index < -0.39 is 10.0 Å². The highest BCUT2D eigenvalue weighted by atomic mass is 32.2. The van der Waals surface area contributed by atoms with Crippen LogP contribution in [0.15, 0.2) is 64.9 Å². The maximum absolute atomic E-state index is 13.1. The van der Waals surface area contributed by atoms with Crippen molar-refractivity contribution < 1.29 is 17.9 Å². The summed E-state index contributed by atoms with van der Waals surface area (Å²) in [6.45, 7) is 3.19. The van der Waals surface area contributed by atoms with E-state index in [1.807, 2.05) is 24.4 Å². The van der Waals surface area contributed by atoms with E-state index in [9.17, 15) is 13.2 Å². The molecule has 9 heteroatoms. The molecular weight excluding hydrogens is 446 g/mol. The Morgan fingerprint density at radius 3 is 2.50 bits per heavy atom. The van der Waals surface area contributed by atoms with Crippen LogP contribution in [0, 0.1) is 6.92 Å². The molecule has 1 saturated heterocycles. The van der Waals surface area contributed by atoms with E-state index in [4.69, 9.17) is 4.74 Å². The molecule has 1 N–H and O–H groups in total. The SMILES string of the molecule is Cc1nc(COc2ccccc2C(=O)N2CCC(NS(=O)(=O)c3ccccc3)CC2)cs1. The van der Waals surface area contributed by atoms with E-state index in [0.717, 1.165) is 10.7 Å². The summed E-state index contributed by atoms with van der Waals surface area (Å²) in [5.41, 5.74) is 1.34. The fourth-order valence-electron chi connectivity index (χ4n) is 3.65. The molecule has 2 aromatic carbocycles. The largest absolute Gasteiger partial charge is 0.486 e. The average molecular weight is 472 g/mol. The molecule has 7 nitrogen and oxygen atoms in total.